The van der Waals surface area contributed by atoms with Crippen molar-refractivity contribution in [3.63, 3.8) is 0 Å². The fourth-order valence-corrected chi connectivity index (χ4v) is 4.52. The molecule has 0 saturated carbocycles. The predicted octanol–water partition coefficient (Wildman–Crippen LogP) is 3.06. The van der Waals surface area contributed by atoms with Crippen LogP contribution in [-0.2, 0) is 4.74 Å². The van der Waals surface area contributed by atoms with Crippen LogP contribution >= 0.6 is 11.8 Å². The molecule has 3 nitrogen and oxygen atoms in total. The molecule has 2 saturated heterocycles. The molecule has 20 heavy (non-hydrogen) atoms. The Hall–Kier alpha value is -1.00. The van der Waals surface area contributed by atoms with E-state index in [1.165, 1.54) is 0 Å². The van der Waals surface area contributed by atoms with E-state index in [1.807, 2.05) is 36.9 Å². The number of benzene rings is 1. The van der Waals surface area contributed by atoms with Gasteiger partial charge in [0.05, 0.1) is 5.60 Å². The first kappa shape index (κ1) is 14.0. The van der Waals surface area contributed by atoms with Crippen molar-refractivity contribution in [2.45, 2.75) is 31.8 Å². The third-order valence-corrected chi connectivity index (χ3v) is 5.72. The maximum atomic E-state index is 12.7. The van der Waals surface area contributed by atoms with Gasteiger partial charge in [0.1, 0.15) is 0 Å². The van der Waals surface area contributed by atoms with Gasteiger partial charge in [-0.15, -0.1) is 0 Å². The molecule has 0 bridgehead atoms. The van der Waals surface area contributed by atoms with Crippen molar-refractivity contribution in [2.75, 3.05) is 23.8 Å². The number of carbonyl (C=O) groups excluding carboxylic acids is 1. The van der Waals surface area contributed by atoms with E-state index in [9.17, 15) is 4.79 Å². The van der Waals surface area contributed by atoms with E-state index >= 15 is 0 Å². The average molecular weight is 291 g/mol. The monoisotopic (exact) mass is 291 g/mol. The number of ether oxygens (including phenoxy) is 1. The van der Waals surface area contributed by atoms with Gasteiger partial charge in [0, 0.05) is 29.5 Å². The SMILES string of the molecule is Cc1ccc(C(=O)C2CCOC3(CCSC3)C2)cc1N. The molecule has 0 amide bonds. The van der Waals surface area contributed by atoms with E-state index in [1.54, 1.807) is 0 Å². The fourth-order valence-electron chi connectivity index (χ4n) is 3.14. The van der Waals surface area contributed by atoms with Crippen LogP contribution in [0.15, 0.2) is 18.2 Å². The minimum atomic E-state index is -0.0422. The molecule has 2 heterocycles. The summed E-state index contributed by atoms with van der Waals surface area (Å²) in [6.07, 6.45) is 2.78. The Morgan fingerprint density at radius 3 is 3.05 bits per heavy atom. The second-order valence-electron chi connectivity index (χ2n) is 5.96. The van der Waals surface area contributed by atoms with Crippen molar-refractivity contribution in [1.82, 2.24) is 0 Å². The lowest BCUT2D eigenvalue weighted by atomic mass is 9.81. The molecule has 1 aromatic rings. The molecule has 1 spiro atoms. The van der Waals surface area contributed by atoms with Gasteiger partial charge < -0.3 is 10.5 Å². The van der Waals surface area contributed by atoms with Crippen molar-refractivity contribution in [2.24, 2.45) is 5.92 Å². The number of anilines is 1. The Morgan fingerprint density at radius 1 is 1.50 bits per heavy atom. The topological polar surface area (TPSA) is 52.3 Å². The van der Waals surface area contributed by atoms with Gasteiger partial charge in [-0.05, 0) is 43.6 Å². The zero-order valence-electron chi connectivity index (χ0n) is 11.9. The largest absolute Gasteiger partial charge is 0.398 e. The maximum absolute atomic E-state index is 12.7. The number of hydrogen-bond donors (Lipinski definition) is 1. The molecule has 0 aliphatic carbocycles. The molecule has 2 unspecified atom stereocenters. The highest BCUT2D eigenvalue weighted by atomic mass is 32.2. The summed E-state index contributed by atoms with van der Waals surface area (Å²) in [6.45, 7) is 2.67. The molecule has 0 aromatic heterocycles. The molecule has 0 radical (unpaired) electrons. The Kier molecular flexibility index (Phi) is 3.78. The number of hydrogen-bond acceptors (Lipinski definition) is 4. The van der Waals surface area contributed by atoms with Gasteiger partial charge in [-0.1, -0.05) is 12.1 Å². The van der Waals surface area contributed by atoms with Crippen LogP contribution in [0.3, 0.4) is 0 Å². The number of thioether (sulfide) groups is 1. The highest BCUT2D eigenvalue weighted by molar-refractivity contribution is 7.99. The molecule has 2 aliphatic heterocycles. The van der Waals surface area contributed by atoms with Crippen molar-refractivity contribution in [3.05, 3.63) is 29.3 Å². The molecule has 2 atom stereocenters. The smallest absolute Gasteiger partial charge is 0.166 e. The lowest BCUT2D eigenvalue weighted by Gasteiger charge is -2.37. The highest BCUT2D eigenvalue weighted by Gasteiger charge is 2.42. The number of nitrogens with two attached hydrogens (primary N) is 1. The average Bonchev–Trinajstić information content (AvgIpc) is 2.89. The summed E-state index contributed by atoms with van der Waals surface area (Å²) in [4.78, 5) is 12.7. The lowest BCUT2D eigenvalue weighted by Crippen LogP contribution is -2.42. The zero-order chi connectivity index (χ0) is 14.2. The first-order chi connectivity index (χ1) is 9.60. The first-order valence-corrected chi connectivity index (χ1v) is 8.37. The van der Waals surface area contributed by atoms with E-state index in [0.29, 0.717) is 12.3 Å². The summed E-state index contributed by atoms with van der Waals surface area (Å²) in [5.74, 6) is 2.51. The number of rotatable bonds is 2. The number of carbonyl (C=O) groups is 1. The van der Waals surface area contributed by atoms with Crippen LogP contribution in [0, 0.1) is 12.8 Å². The summed E-state index contributed by atoms with van der Waals surface area (Å²) < 4.78 is 5.99. The molecule has 2 N–H and O–H groups in total. The summed E-state index contributed by atoms with van der Waals surface area (Å²) in [7, 11) is 0. The van der Waals surface area contributed by atoms with Crippen LogP contribution < -0.4 is 5.73 Å². The van der Waals surface area contributed by atoms with Crippen LogP contribution in [0.25, 0.3) is 0 Å². The number of aryl methyl sites for hydroxylation is 1. The normalized spacial score (nSPS) is 29.8. The van der Waals surface area contributed by atoms with Crippen LogP contribution in [0.5, 0.6) is 0 Å². The van der Waals surface area contributed by atoms with Gasteiger partial charge >= 0.3 is 0 Å². The van der Waals surface area contributed by atoms with Gasteiger partial charge in [0.25, 0.3) is 0 Å². The summed E-state index contributed by atoms with van der Waals surface area (Å²) in [5.41, 5.74) is 8.36. The second kappa shape index (κ2) is 5.41. The van der Waals surface area contributed by atoms with Crippen LogP contribution in [0.4, 0.5) is 5.69 Å². The summed E-state index contributed by atoms with van der Waals surface area (Å²) in [6, 6.07) is 5.66. The van der Waals surface area contributed by atoms with Crippen LogP contribution in [-0.4, -0.2) is 29.5 Å². The number of ketones is 1. The summed E-state index contributed by atoms with van der Waals surface area (Å²) >= 11 is 1.94. The first-order valence-electron chi connectivity index (χ1n) is 7.22. The summed E-state index contributed by atoms with van der Waals surface area (Å²) in [5, 5.41) is 0. The minimum absolute atomic E-state index is 0.0422. The van der Waals surface area contributed by atoms with E-state index in [-0.39, 0.29) is 17.3 Å². The van der Waals surface area contributed by atoms with Crippen LogP contribution in [0.2, 0.25) is 0 Å². The number of nitrogen functional groups attached to an aromatic ring is 1. The van der Waals surface area contributed by atoms with Crippen molar-refractivity contribution in [1.29, 1.82) is 0 Å². The molecular weight excluding hydrogens is 270 g/mol. The molecule has 2 fully saturated rings. The number of Topliss-reactive ketones (excluding diaryl/α,β-unsaturated/α-hetero) is 1. The van der Waals surface area contributed by atoms with Crippen molar-refractivity contribution >= 4 is 23.2 Å². The molecule has 1 aromatic carbocycles. The van der Waals surface area contributed by atoms with Gasteiger partial charge in [0.2, 0.25) is 0 Å². The zero-order valence-corrected chi connectivity index (χ0v) is 12.7. The maximum Gasteiger partial charge on any atom is 0.166 e. The third-order valence-electron chi connectivity index (χ3n) is 4.49. The molecule has 2 aliphatic rings. The predicted molar refractivity (Wildman–Crippen MR) is 83.3 cm³/mol. The van der Waals surface area contributed by atoms with Crippen LogP contribution in [0.1, 0.15) is 35.2 Å². The minimum Gasteiger partial charge on any atom is -0.398 e. The Morgan fingerprint density at radius 2 is 2.35 bits per heavy atom. The quantitative estimate of drug-likeness (QED) is 0.672. The standard InChI is InChI=1S/C16H21NO2S/c1-11-2-3-12(8-14(11)17)15(18)13-4-6-19-16(9-13)5-7-20-10-16/h2-3,8,13H,4-7,9-10,17H2,1H3. The van der Waals surface area contributed by atoms with Gasteiger partial charge in [0.15, 0.2) is 5.78 Å². The fraction of sp³-hybridized carbons (Fsp3) is 0.562. The van der Waals surface area contributed by atoms with E-state index < -0.39 is 0 Å². The van der Waals surface area contributed by atoms with Crippen molar-refractivity contribution < 1.29 is 9.53 Å². The lowest BCUT2D eigenvalue weighted by molar-refractivity contribution is -0.0734. The van der Waals surface area contributed by atoms with Crippen molar-refractivity contribution in [3.8, 4) is 0 Å². The van der Waals surface area contributed by atoms with E-state index in [0.717, 1.165) is 41.9 Å². The molecule has 108 valence electrons. The van der Waals surface area contributed by atoms with Gasteiger partial charge in [-0.2, -0.15) is 11.8 Å². The molecule has 3 rings (SSSR count). The van der Waals surface area contributed by atoms with E-state index in [2.05, 4.69) is 0 Å². The van der Waals surface area contributed by atoms with Gasteiger partial charge in [-0.3, -0.25) is 4.79 Å². The Labute approximate surface area is 124 Å². The van der Waals surface area contributed by atoms with Gasteiger partial charge in [-0.25, -0.2) is 0 Å². The van der Waals surface area contributed by atoms with E-state index in [4.69, 9.17) is 10.5 Å². The third kappa shape index (κ3) is 2.59. The highest BCUT2D eigenvalue weighted by Crippen LogP contribution is 2.41. The molecular formula is C16H21NO2S. The Bertz CT molecular complexity index is 523. The Balaban J connectivity index is 1.77. The second-order valence-corrected chi connectivity index (χ2v) is 7.06. The molecule has 4 heteroatoms.